The SMILES string of the molecule is O=C(NC[C@@H]1CCCO1)C(=O)NC[C@@H](c1ccco1)S(=O)(=O)c1cccs1. The van der Waals surface area contributed by atoms with Crippen LogP contribution >= 0.6 is 11.3 Å². The predicted molar refractivity (Wildman–Crippen MR) is 97.9 cm³/mol. The van der Waals surface area contributed by atoms with Gasteiger partial charge in [-0.1, -0.05) is 6.07 Å². The van der Waals surface area contributed by atoms with E-state index < -0.39 is 26.9 Å². The molecule has 1 aliphatic rings. The molecule has 0 radical (unpaired) electrons. The molecule has 0 aliphatic carbocycles. The van der Waals surface area contributed by atoms with E-state index in [4.69, 9.17) is 9.15 Å². The number of ether oxygens (including phenoxy) is 1. The number of hydrogen-bond acceptors (Lipinski definition) is 7. The lowest BCUT2D eigenvalue weighted by atomic mass is 10.2. The quantitative estimate of drug-likeness (QED) is 0.662. The van der Waals surface area contributed by atoms with Gasteiger partial charge in [-0.3, -0.25) is 9.59 Å². The molecular weight excluding hydrogens is 392 g/mol. The molecule has 1 fully saturated rings. The molecule has 1 saturated heterocycles. The standard InChI is InChI=1S/C17H20N2O6S2/c20-16(18-10-12-4-1-7-24-12)17(21)19-11-14(13-5-2-8-25-13)27(22,23)15-6-3-9-26-15/h2-3,5-6,8-9,12,14H,1,4,7,10-11H2,(H,18,20)(H,19,21)/t12-,14-/m0/s1. The molecule has 0 aromatic carbocycles. The Labute approximate surface area is 160 Å². The molecule has 0 spiro atoms. The summed E-state index contributed by atoms with van der Waals surface area (Å²) < 4.78 is 36.5. The van der Waals surface area contributed by atoms with Crippen molar-refractivity contribution < 1.29 is 27.2 Å². The third kappa shape index (κ3) is 4.76. The van der Waals surface area contributed by atoms with Crippen molar-refractivity contribution in [3.8, 4) is 0 Å². The van der Waals surface area contributed by atoms with E-state index in [9.17, 15) is 18.0 Å². The fourth-order valence-corrected chi connectivity index (χ4v) is 5.55. The fraction of sp³-hybridized carbons (Fsp3) is 0.412. The molecule has 0 bridgehead atoms. The number of nitrogens with one attached hydrogen (secondary N) is 2. The van der Waals surface area contributed by atoms with Gasteiger partial charge in [-0.05, 0) is 36.4 Å². The Kier molecular flexibility index (Phi) is 6.30. The average Bonchev–Trinajstić information content (AvgIpc) is 3.42. The Balaban J connectivity index is 1.63. The molecule has 146 valence electrons. The van der Waals surface area contributed by atoms with Gasteiger partial charge >= 0.3 is 11.8 Å². The number of carbonyl (C=O) groups is 2. The van der Waals surface area contributed by atoms with Crippen LogP contribution in [0.3, 0.4) is 0 Å². The molecule has 2 amide bonds. The van der Waals surface area contributed by atoms with E-state index in [0.29, 0.717) is 6.61 Å². The maximum absolute atomic E-state index is 12.9. The van der Waals surface area contributed by atoms with E-state index >= 15 is 0 Å². The Hall–Kier alpha value is -2.17. The van der Waals surface area contributed by atoms with Gasteiger partial charge in [0.25, 0.3) is 0 Å². The van der Waals surface area contributed by atoms with Gasteiger partial charge in [0, 0.05) is 19.7 Å². The number of hydrogen-bond donors (Lipinski definition) is 2. The zero-order valence-electron chi connectivity index (χ0n) is 14.4. The van der Waals surface area contributed by atoms with Crippen LogP contribution < -0.4 is 10.6 Å². The summed E-state index contributed by atoms with van der Waals surface area (Å²) in [6.45, 7) is 0.624. The van der Waals surface area contributed by atoms with Crippen molar-refractivity contribution in [2.75, 3.05) is 19.7 Å². The molecule has 10 heteroatoms. The summed E-state index contributed by atoms with van der Waals surface area (Å²) in [5.41, 5.74) is 0. The highest BCUT2D eigenvalue weighted by molar-refractivity contribution is 7.93. The van der Waals surface area contributed by atoms with Gasteiger partial charge in [0.05, 0.1) is 12.4 Å². The molecule has 27 heavy (non-hydrogen) atoms. The highest BCUT2D eigenvalue weighted by Gasteiger charge is 2.33. The van der Waals surface area contributed by atoms with Crippen LogP contribution in [0.1, 0.15) is 23.9 Å². The number of furan rings is 1. The zero-order chi connectivity index (χ0) is 19.3. The van der Waals surface area contributed by atoms with Crippen LogP contribution in [0.15, 0.2) is 44.5 Å². The second-order valence-corrected chi connectivity index (χ2v) is 9.34. The number of sulfone groups is 1. The molecule has 1 aliphatic heterocycles. The molecule has 2 atom stereocenters. The number of thiophene rings is 1. The minimum Gasteiger partial charge on any atom is -0.468 e. The van der Waals surface area contributed by atoms with E-state index in [1.807, 2.05) is 0 Å². The molecule has 2 N–H and O–H groups in total. The van der Waals surface area contributed by atoms with Crippen molar-refractivity contribution in [2.24, 2.45) is 0 Å². The normalized spacial score (nSPS) is 18.1. The number of amides is 2. The Bertz CT molecular complexity index is 855. The molecule has 3 heterocycles. The Morgan fingerprint density at radius 3 is 2.67 bits per heavy atom. The van der Waals surface area contributed by atoms with E-state index in [1.165, 1.54) is 18.4 Å². The Morgan fingerprint density at radius 1 is 1.22 bits per heavy atom. The summed E-state index contributed by atoms with van der Waals surface area (Å²) in [6.07, 6.45) is 3.04. The van der Waals surface area contributed by atoms with Crippen LogP contribution in [-0.2, 0) is 24.2 Å². The van der Waals surface area contributed by atoms with Crippen molar-refractivity contribution in [1.82, 2.24) is 10.6 Å². The summed E-state index contributed by atoms with van der Waals surface area (Å²) in [4.78, 5) is 24.0. The van der Waals surface area contributed by atoms with Gasteiger partial charge in [-0.2, -0.15) is 0 Å². The lowest BCUT2D eigenvalue weighted by Gasteiger charge is -2.16. The van der Waals surface area contributed by atoms with Gasteiger partial charge in [0.2, 0.25) is 0 Å². The van der Waals surface area contributed by atoms with Crippen LogP contribution in [-0.4, -0.2) is 46.0 Å². The van der Waals surface area contributed by atoms with Crippen molar-refractivity contribution in [2.45, 2.75) is 28.4 Å². The number of carbonyl (C=O) groups excluding carboxylic acids is 2. The average molecular weight is 412 g/mol. The lowest BCUT2D eigenvalue weighted by molar-refractivity contribution is -0.139. The highest BCUT2D eigenvalue weighted by atomic mass is 32.2. The van der Waals surface area contributed by atoms with Crippen molar-refractivity contribution in [3.05, 3.63) is 41.7 Å². The number of rotatable bonds is 7. The zero-order valence-corrected chi connectivity index (χ0v) is 16.1. The summed E-state index contributed by atoms with van der Waals surface area (Å²) in [7, 11) is -3.77. The molecular formula is C17H20N2O6S2. The van der Waals surface area contributed by atoms with Crippen LogP contribution in [0.4, 0.5) is 0 Å². The molecule has 2 aromatic heterocycles. The summed E-state index contributed by atoms with van der Waals surface area (Å²) >= 11 is 1.08. The predicted octanol–water partition coefficient (Wildman–Crippen LogP) is 1.27. The smallest absolute Gasteiger partial charge is 0.309 e. The minimum atomic E-state index is -3.77. The monoisotopic (exact) mass is 412 g/mol. The van der Waals surface area contributed by atoms with Crippen molar-refractivity contribution in [3.63, 3.8) is 0 Å². The second-order valence-electron chi connectivity index (χ2n) is 6.04. The molecule has 0 unspecified atom stereocenters. The molecule has 8 nitrogen and oxygen atoms in total. The van der Waals surface area contributed by atoms with Gasteiger partial charge in [0.15, 0.2) is 9.84 Å². The van der Waals surface area contributed by atoms with E-state index in [0.717, 1.165) is 24.2 Å². The third-order valence-corrected chi connectivity index (χ3v) is 7.67. The van der Waals surface area contributed by atoms with Crippen molar-refractivity contribution in [1.29, 1.82) is 0 Å². The largest absolute Gasteiger partial charge is 0.468 e. The fourth-order valence-electron chi connectivity index (χ4n) is 2.76. The van der Waals surface area contributed by atoms with Gasteiger partial charge < -0.3 is 19.8 Å². The minimum absolute atomic E-state index is 0.0863. The summed E-state index contributed by atoms with van der Waals surface area (Å²) in [6, 6.07) is 6.22. The first kappa shape index (κ1) is 19.6. The van der Waals surface area contributed by atoms with Crippen molar-refractivity contribution >= 4 is 33.0 Å². The lowest BCUT2D eigenvalue weighted by Crippen LogP contribution is -2.44. The first-order valence-corrected chi connectivity index (χ1v) is 10.9. The summed E-state index contributed by atoms with van der Waals surface area (Å²) in [5, 5.41) is 5.42. The topological polar surface area (TPSA) is 115 Å². The van der Waals surface area contributed by atoms with Gasteiger partial charge in [0.1, 0.15) is 15.2 Å². The molecule has 0 saturated carbocycles. The first-order chi connectivity index (χ1) is 13.0. The van der Waals surface area contributed by atoms with E-state index in [1.54, 1.807) is 17.5 Å². The van der Waals surface area contributed by atoms with Crippen LogP contribution in [0.25, 0.3) is 0 Å². The van der Waals surface area contributed by atoms with Crippen LogP contribution in [0.2, 0.25) is 0 Å². The third-order valence-electron chi connectivity index (χ3n) is 4.18. The van der Waals surface area contributed by atoms with E-state index in [2.05, 4.69) is 10.6 Å². The maximum Gasteiger partial charge on any atom is 0.309 e. The highest BCUT2D eigenvalue weighted by Crippen LogP contribution is 2.31. The maximum atomic E-state index is 12.9. The Morgan fingerprint density at radius 2 is 2.04 bits per heavy atom. The first-order valence-electron chi connectivity index (χ1n) is 8.47. The molecule has 2 aromatic rings. The summed E-state index contributed by atoms with van der Waals surface area (Å²) in [5.74, 6) is -1.52. The second kappa shape index (κ2) is 8.68. The molecule has 3 rings (SSSR count). The van der Waals surface area contributed by atoms with Gasteiger partial charge in [-0.15, -0.1) is 11.3 Å². The van der Waals surface area contributed by atoms with E-state index in [-0.39, 0.29) is 29.2 Å². The van der Waals surface area contributed by atoms with Crippen LogP contribution in [0, 0.1) is 0 Å². The van der Waals surface area contributed by atoms with Crippen LogP contribution in [0.5, 0.6) is 0 Å². The van der Waals surface area contributed by atoms with Gasteiger partial charge in [-0.25, -0.2) is 8.42 Å².